The molecule has 21 heavy (non-hydrogen) atoms. The number of sulfonamides is 1. The molecule has 0 aromatic rings. The molecule has 0 radical (unpaired) electrons. The van der Waals surface area contributed by atoms with E-state index in [0.717, 1.165) is 38.6 Å². The fourth-order valence-corrected chi connectivity index (χ4v) is 3.53. The maximum atomic E-state index is 11.8. The molecule has 6 nitrogen and oxygen atoms in total. The van der Waals surface area contributed by atoms with Gasteiger partial charge < -0.3 is 10.6 Å². The normalized spacial score (nSPS) is 23.0. The quantitative estimate of drug-likeness (QED) is 0.626. The Morgan fingerprint density at radius 2 is 1.90 bits per heavy atom. The molecule has 1 unspecified atom stereocenters. The van der Waals surface area contributed by atoms with Crippen molar-refractivity contribution in [2.45, 2.75) is 44.6 Å². The Morgan fingerprint density at radius 3 is 2.48 bits per heavy atom. The van der Waals surface area contributed by atoms with E-state index < -0.39 is 10.0 Å². The van der Waals surface area contributed by atoms with Gasteiger partial charge in [-0.15, -0.1) is 12.4 Å². The second kappa shape index (κ2) is 8.92. The lowest BCUT2D eigenvalue weighted by Crippen LogP contribution is -2.48. The van der Waals surface area contributed by atoms with E-state index in [0.29, 0.717) is 12.5 Å². The Kier molecular flexibility index (Phi) is 7.94. The van der Waals surface area contributed by atoms with Gasteiger partial charge in [0.05, 0.1) is 11.8 Å². The van der Waals surface area contributed by atoms with Gasteiger partial charge in [0.2, 0.25) is 15.9 Å². The number of hydrogen-bond acceptors (Lipinski definition) is 4. The van der Waals surface area contributed by atoms with Crippen LogP contribution in [0.25, 0.3) is 0 Å². The molecule has 1 aliphatic heterocycles. The molecule has 1 aliphatic carbocycles. The van der Waals surface area contributed by atoms with E-state index in [9.17, 15) is 13.2 Å². The molecule has 1 saturated carbocycles. The summed E-state index contributed by atoms with van der Waals surface area (Å²) in [5.41, 5.74) is 0. The molecule has 1 saturated heterocycles. The molecule has 2 aliphatic rings. The molecule has 2 rings (SSSR count). The van der Waals surface area contributed by atoms with Gasteiger partial charge in [0.15, 0.2) is 0 Å². The standard InChI is InChI=1S/C13H25N3O3S.ClH/c17-13(12-6-1-2-7-14-12)15-8-9-20(18,19)16-10-11-4-3-5-11;/h11-12,14,16H,1-10H2,(H,15,17);1H. The average molecular weight is 340 g/mol. The first kappa shape index (κ1) is 18.7. The minimum absolute atomic E-state index is 0. The molecular formula is C13H26ClN3O3S. The second-order valence-electron chi connectivity index (χ2n) is 5.76. The van der Waals surface area contributed by atoms with Crippen LogP contribution < -0.4 is 15.4 Å². The van der Waals surface area contributed by atoms with Crippen molar-refractivity contribution in [3.8, 4) is 0 Å². The van der Waals surface area contributed by atoms with Gasteiger partial charge in [-0.1, -0.05) is 12.8 Å². The van der Waals surface area contributed by atoms with Crippen molar-refractivity contribution in [3.05, 3.63) is 0 Å². The molecular weight excluding hydrogens is 314 g/mol. The largest absolute Gasteiger partial charge is 0.354 e. The van der Waals surface area contributed by atoms with Gasteiger partial charge in [-0.3, -0.25) is 4.79 Å². The van der Waals surface area contributed by atoms with Crippen LogP contribution >= 0.6 is 12.4 Å². The fraction of sp³-hybridized carbons (Fsp3) is 0.923. The van der Waals surface area contributed by atoms with Crippen LogP contribution in [0.3, 0.4) is 0 Å². The molecule has 1 amide bonds. The smallest absolute Gasteiger partial charge is 0.237 e. The van der Waals surface area contributed by atoms with Crippen molar-refractivity contribution in [3.63, 3.8) is 0 Å². The number of amides is 1. The van der Waals surface area contributed by atoms with Gasteiger partial charge in [-0.2, -0.15) is 0 Å². The number of halogens is 1. The lowest BCUT2D eigenvalue weighted by Gasteiger charge is -2.25. The van der Waals surface area contributed by atoms with E-state index in [1.54, 1.807) is 0 Å². The molecule has 0 aromatic heterocycles. The molecule has 0 spiro atoms. The van der Waals surface area contributed by atoms with Gasteiger partial charge in [0.25, 0.3) is 0 Å². The zero-order valence-corrected chi connectivity index (χ0v) is 13.9. The highest BCUT2D eigenvalue weighted by Gasteiger charge is 2.22. The summed E-state index contributed by atoms with van der Waals surface area (Å²) in [6.45, 7) is 1.58. The van der Waals surface area contributed by atoms with Crippen LogP contribution in [0, 0.1) is 5.92 Å². The first-order valence-electron chi connectivity index (χ1n) is 7.55. The SMILES string of the molecule is Cl.O=C(NCCS(=O)(=O)NCC1CCC1)C1CCCCN1. The highest BCUT2D eigenvalue weighted by atomic mass is 35.5. The summed E-state index contributed by atoms with van der Waals surface area (Å²) in [5, 5.41) is 5.85. The highest BCUT2D eigenvalue weighted by Crippen LogP contribution is 2.25. The zero-order chi connectivity index (χ0) is 14.4. The number of rotatable bonds is 7. The lowest BCUT2D eigenvalue weighted by atomic mass is 9.86. The Hall–Kier alpha value is -0.370. The summed E-state index contributed by atoms with van der Waals surface area (Å²) in [4.78, 5) is 11.8. The number of carbonyl (C=O) groups excluding carboxylic acids is 1. The van der Waals surface area contributed by atoms with Crippen LogP contribution in [-0.4, -0.2) is 45.8 Å². The average Bonchev–Trinajstić information content (AvgIpc) is 2.37. The van der Waals surface area contributed by atoms with Crippen LogP contribution in [0.2, 0.25) is 0 Å². The van der Waals surface area contributed by atoms with Crippen molar-refractivity contribution in [1.29, 1.82) is 0 Å². The van der Waals surface area contributed by atoms with Crippen molar-refractivity contribution in [2.24, 2.45) is 5.92 Å². The Morgan fingerprint density at radius 1 is 1.14 bits per heavy atom. The van der Waals surface area contributed by atoms with Crippen LogP contribution in [-0.2, 0) is 14.8 Å². The molecule has 3 N–H and O–H groups in total. The molecule has 8 heteroatoms. The van der Waals surface area contributed by atoms with Gasteiger partial charge in [0.1, 0.15) is 0 Å². The minimum Gasteiger partial charge on any atom is -0.354 e. The van der Waals surface area contributed by atoms with Gasteiger partial charge in [-0.25, -0.2) is 13.1 Å². The van der Waals surface area contributed by atoms with Crippen molar-refractivity contribution >= 4 is 28.3 Å². The maximum Gasteiger partial charge on any atom is 0.237 e. The van der Waals surface area contributed by atoms with E-state index in [-0.39, 0.29) is 36.7 Å². The van der Waals surface area contributed by atoms with Crippen LogP contribution in [0.1, 0.15) is 38.5 Å². The monoisotopic (exact) mass is 339 g/mol. The van der Waals surface area contributed by atoms with Crippen LogP contribution in [0.5, 0.6) is 0 Å². The summed E-state index contributed by atoms with van der Waals surface area (Å²) < 4.78 is 26.1. The number of carbonyl (C=O) groups is 1. The van der Waals surface area contributed by atoms with Crippen molar-refractivity contribution < 1.29 is 13.2 Å². The zero-order valence-electron chi connectivity index (χ0n) is 12.3. The van der Waals surface area contributed by atoms with E-state index in [1.807, 2.05) is 0 Å². The summed E-state index contributed by atoms with van der Waals surface area (Å²) in [7, 11) is -3.26. The van der Waals surface area contributed by atoms with Gasteiger partial charge in [0, 0.05) is 13.1 Å². The van der Waals surface area contributed by atoms with E-state index >= 15 is 0 Å². The Labute approximate surface area is 133 Å². The summed E-state index contributed by atoms with van der Waals surface area (Å²) in [5.74, 6) is 0.378. The third-order valence-corrected chi connectivity index (χ3v) is 5.46. The summed E-state index contributed by atoms with van der Waals surface area (Å²) in [6, 6.07) is -0.158. The first-order valence-corrected chi connectivity index (χ1v) is 9.20. The van der Waals surface area contributed by atoms with Crippen molar-refractivity contribution in [1.82, 2.24) is 15.4 Å². The van der Waals surface area contributed by atoms with Crippen molar-refractivity contribution in [2.75, 3.05) is 25.4 Å². The highest BCUT2D eigenvalue weighted by molar-refractivity contribution is 7.89. The topological polar surface area (TPSA) is 87.3 Å². The molecule has 0 bridgehead atoms. The van der Waals surface area contributed by atoms with E-state index in [2.05, 4.69) is 15.4 Å². The summed E-state index contributed by atoms with van der Waals surface area (Å²) >= 11 is 0. The minimum atomic E-state index is -3.26. The fourth-order valence-electron chi connectivity index (χ4n) is 2.52. The molecule has 0 aromatic carbocycles. The molecule has 1 atom stereocenters. The predicted molar refractivity (Wildman–Crippen MR) is 85.0 cm³/mol. The first-order chi connectivity index (χ1) is 9.57. The third-order valence-electron chi connectivity index (χ3n) is 4.11. The van der Waals surface area contributed by atoms with E-state index in [4.69, 9.17) is 0 Å². The van der Waals surface area contributed by atoms with Crippen LogP contribution in [0.4, 0.5) is 0 Å². The number of nitrogens with one attached hydrogen (secondary N) is 3. The Balaban J connectivity index is 0.00000220. The number of piperidine rings is 1. The molecule has 2 fully saturated rings. The maximum absolute atomic E-state index is 11.8. The Bertz CT molecular complexity index is 420. The lowest BCUT2D eigenvalue weighted by molar-refractivity contribution is -0.123. The number of hydrogen-bond donors (Lipinski definition) is 3. The van der Waals surface area contributed by atoms with Gasteiger partial charge in [-0.05, 0) is 38.1 Å². The molecule has 124 valence electrons. The molecule has 1 heterocycles. The predicted octanol–water partition coefficient (Wildman–Crippen LogP) is 0.386. The van der Waals surface area contributed by atoms with Gasteiger partial charge >= 0.3 is 0 Å². The summed E-state index contributed by atoms with van der Waals surface area (Å²) in [6.07, 6.45) is 6.42. The third kappa shape index (κ3) is 6.50. The van der Waals surface area contributed by atoms with E-state index in [1.165, 1.54) is 6.42 Å². The van der Waals surface area contributed by atoms with Crippen LogP contribution in [0.15, 0.2) is 0 Å². The second-order valence-corrected chi connectivity index (χ2v) is 7.68.